The Morgan fingerprint density at radius 3 is 3.05 bits per heavy atom. The van der Waals surface area contributed by atoms with Crippen molar-refractivity contribution in [3.8, 4) is 0 Å². The summed E-state index contributed by atoms with van der Waals surface area (Å²) in [4.78, 5) is 13.9. The molecule has 1 saturated heterocycles. The molecular weight excluding hydrogens is 274 g/mol. The zero-order valence-electron chi connectivity index (χ0n) is 10.3. The number of hydrogen-bond acceptors (Lipinski definition) is 5. The van der Waals surface area contributed by atoms with Crippen molar-refractivity contribution in [2.24, 2.45) is 0 Å². The smallest absolute Gasteiger partial charge is 0.141 e. The Labute approximate surface area is 119 Å². The van der Waals surface area contributed by atoms with Gasteiger partial charge in [0.1, 0.15) is 17.0 Å². The zero-order chi connectivity index (χ0) is 12.7. The van der Waals surface area contributed by atoms with E-state index in [0.29, 0.717) is 6.04 Å². The summed E-state index contributed by atoms with van der Waals surface area (Å²) in [6.45, 7) is 1.09. The summed E-state index contributed by atoms with van der Waals surface area (Å²) < 4.78 is 0. The second-order valence-electron chi connectivity index (χ2n) is 4.70. The minimum absolute atomic E-state index is 0.484. The average Bonchev–Trinajstić information content (AvgIpc) is 3.18. The highest BCUT2D eigenvalue weighted by atomic mass is 32.1. The van der Waals surface area contributed by atoms with Gasteiger partial charge in [0, 0.05) is 11.4 Å². The lowest BCUT2D eigenvalue weighted by Crippen LogP contribution is -2.23. The van der Waals surface area contributed by atoms with E-state index in [1.807, 2.05) is 11.3 Å². The van der Waals surface area contributed by atoms with E-state index in [2.05, 4.69) is 43.8 Å². The van der Waals surface area contributed by atoms with Crippen molar-refractivity contribution in [2.75, 3.05) is 11.4 Å². The highest BCUT2D eigenvalue weighted by molar-refractivity contribution is 7.16. The van der Waals surface area contributed by atoms with E-state index in [1.54, 1.807) is 17.7 Å². The standard InChI is InChI=1S/C14H13N3S2/c1-3-11(12-4-2-7-18-12)17(6-1)13-10-5-8-19-14(10)16-9-15-13/h2,4-5,7-9,11H,1,3,6H2/t11-/m0/s1. The predicted molar refractivity (Wildman–Crippen MR) is 81.1 cm³/mol. The molecule has 5 heteroatoms. The molecule has 0 bridgehead atoms. The number of anilines is 1. The molecule has 3 aromatic rings. The molecular formula is C14H13N3S2. The second kappa shape index (κ2) is 4.58. The molecule has 0 unspecified atom stereocenters. The van der Waals surface area contributed by atoms with Crippen molar-refractivity contribution in [2.45, 2.75) is 18.9 Å². The molecule has 1 fully saturated rings. The average molecular weight is 287 g/mol. The Morgan fingerprint density at radius 1 is 1.16 bits per heavy atom. The van der Waals surface area contributed by atoms with Crippen molar-refractivity contribution in [1.82, 2.24) is 9.97 Å². The van der Waals surface area contributed by atoms with Crippen molar-refractivity contribution >= 4 is 38.7 Å². The summed E-state index contributed by atoms with van der Waals surface area (Å²) >= 11 is 3.53. The van der Waals surface area contributed by atoms with E-state index < -0.39 is 0 Å². The fourth-order valence-corrected chi connectivity index (χ4v) is 4.40. The van der Waals surface area contributed by atoms with Crippen LogP contribution in [0.2, 0.25) is 0 Å². The topological polar surface area (TPSA) is 29.0 Å². The fourth-order valence-electron chi connectivity index (χ4n) is 2.80. The maximum absolute atomic E-state index is 4.55. The molecule has 1 atom stereocenters. The molecule has 3 nitrogen and oxygen atoms in total. The minimum atomic E-state index is 0.484. The summed E-state index contributed by atoms with van der Waals surface area (Å²) in [7, 11) is 0. The van der Waals surface area contributed by atoms with E-state index in [-0.39, 0.29) is 0 Å². The van der Waals surface area contributed by atoms with Crippen LogP contribution in [-0.4, -0.2) is 16.5 Å². The van der Waals surface area contributed by atoms with Crippen LogP contribution >= 0.6 is 22.7 Å². The van der Waals surface area contributed by atoms with Gasteiger partial charge in [-0.25, -0.2) is 9.97 Å². The lowest BCUT2D eigenvalue weighted by atomic mass is 10.2. The van der Waals surface area contributed by atoms with Crippen molar-refractivity contribution in [3.63, 3.8) is 0 Å². The first-order chi connectivity index (χ1) is 9.43. The molecule has 1 aliphatic heterocycles. The molecule has 4 heterocycles. The summed E-state index contributed by atoms with van der Waals surface area (Å²) in [6.07, 6.45) is 4.15. The second-order valence-corrected chi connectivity index (χ2v) is 6.58. The number of rotatable bonds is 2. The summed E-state index contributed by atoms with van der Waals surface area (Å²) in [5.74, 6) is 1.10. The van der Waals surface area contributed by atoms with Crippen LogP contribution in [0.4, 0.5) is 5.82 Å². The summed E-state index contributed by atoms with van der Waals surface area (Å²) in [6, 6.07) is 6.99. The SMILES string of the molecule is c1csc([C@@H]2CCCN2c2ncnc3sccc23)c1. The molecule has 0 spiro atoms. The highest BCUT2D eigenvalue weighted by Crippen LogP contribution is 2.39. The Hall–Kier alpha value is -1.46. The third kappa shape index (κ3) is 1.84. The maximum atomic E-state index is 4.55. The zero-order valence-corrected chi connectivity index (χ0v) is 12.0. The van der Waals surface area contributed by atoms with Gasteiger partial charge in [-0.05, 0) is 35.7 Å². The molecule has 0 N–H and O–H groups in total. The molecule has 4 rings (SSSR count). The fraction of sp³-hybridized carbons (Fsp3) is 0.286. The lowest BCUT2D eigenvalue weighted by molar-refractivity contribution is 0.727. The monoisotopic (exact) mass is 287 g/mol. The van der Waals surface area contributed by atoms with E-state index in [9.17, 15) is 0 Å². The largest absolute Gasteiger partial charge is 0.348 e. The normalized spacial score (nSPS) is 19.4. The van der Waals surface area contributed by atoms with E-state index >= 15 is 0 Å². The summed E-state index contributed by atoms with van der Waals surface area (Å²) in [5, 5.41) is 5.45. The Balaban J connectivity index is 1.81. The van der Waals surface area contributed by atoms with Crippen molar-refractivity contribution < 1.29 is 0 Å². The lowest BCUT2D eigenvalue weighted by Gasteiger charge is -2.25. The summed E-state index contributed by atoms with van der Waals surface area (Å²) in [5.41, 5.74) is 0. The predicted octanol–water partition coefficient (Wildman–Crippen LogP) is 4.09. The number of hydrogen-bond donors (Lipinski definition) is 0. The van der Waals surface area contributed by atoms with Crippen LogP contribution in [0.3, 0.4) is 0 Å². The van der Waals surface area contributed by atoms with Crippen LogP contribution in [0, 0.1) is 0 Å². The number of fused-ring (bicyclic) bond motifs is 1. The molecule has 0 amide bonds. The van der Waals surface area contributed by atoms with Gasteiger partial charge >= 0.3 is 0 Å². The van der Waals surface area contributed by atoms with Crippen molar-refractivity contribution in [3.05, 3.63) is 40.2 Å². The Morgan fingerprint density at radius 2 is 2.16 bits per heavy atom. The van der Waals surface area contributed by atoms with E-state index in [1.165, 1.54) is 23.1 Å². The van der Waals surface area contributed by atoms with Gasteiger partial charge in [-0.15, -0.1) is 22.7 Å². The molecule has 96 valence electrons. The van der Waals surface area contributed by atoms with Gasteiger partial charge in [0.2, 0.25) is 0 Å². The van der Waals surface area contributed by atoms with Crippen LogP contribution in [0.15, 0.2) is 35.3 Å². The van der Waals surface area contributed by atoms with E-state index in [4.69, 9.17) is 0 Å². The molecule has 0 radical (unpaired) electrons. The molecule has 19 heavy (non-hydrogen) atoms. The van der Waals surface area contributed by atoms with Crippen LogP contribution in [-0.2, 0) is 0 Å². The Kier molecular flexibility index (Phi) is 2.74. The third-order valence-electron chi connectivity index (χ3n) is 3.64. The highest BCUT2D eigenvalue weighted by Gasteiger charge is 2.29. The van der Waals surface area contributed by atoms with Crippen LogP contribution in [0.5, 0.6) is 0 Å². The van der Waals surface area contributed by atoms with Gasteiger partial charge in [0.25, 0.3) is 0 Å². The van der Waals surface area contributed by atoms with E-state index in [0.717, 1.165) is 17.2 Å². The number of nitrogens with zero attached hydrogens (tertiary/aromatic N) is 3. The molecule has 0 saturated carbocycles. The minimum Gasteiger partial charge on any atom is -0.348 e. The molecule has 0 aromatic carbocycles. The van der Waals surface area contributed by atoms with Crippen LogP contribution < -0.4 is 4.90 Å². The van der Waals surface area contributed by atoms with Gasteiger partial charge in [0.15, 0.2) is 0 Å². The number of aromatic nitrogens is 2. The van der Waals surface area contributed by atoms with Gasteiger partial charge in [-0.3, -0.25) is 0 Å². The van der Waals surface area contributed by atoms with Crippen LogP contribution in [0.25, 0.3) is 10.2 Å². The molecule has 1 aliphatic rings. The first kappa shape index (κ1) is 11.4. The van der Waals surface area contributed by atoms with Gasteiger partial charge in [-0.2, -0.15) is 0 Å². The Bertz CT molecular complexity index is 690. The quantitative estimate of drug-likeness (QED) is 0.710. The van der Waals surface area contributed by atoms with Gasteiger partial charge in [0.05, 0.1) is 11.4 Å². The first-order valence-electron chi connectivity index (χ1n) is 6.42. The van der Waals surface area contributed by atoms with Crippen molar-refractivity contribution in [1.29, 1.82) is 0 Å². The molecule has 0 aliphatic carbocycles. The van der Waals surface area contributed by atoms with Gasteiger partial charge < -0.3 is 4.90 Å². The third-order valence-corrected chi connectivity index (χ3v) is 5.43. The first-order valence-corrected chi connectivity index (χ1v) is 8.17. The van der Waals surface area contributed by atoms with Gasteiger partial charge in [-0.1, -0.05) is 6.07 Å². The number of thiophene rings is 2. The van der Waals surface area contributed by atoms with Crippen LogP contribution in [0.1, 0.15) is 23.8 Å². The maximum Gasteiger partial charge on any atom is 0.141 e. The molecule has 3 aromatic heterocycles.